The maximum absolute atomic E-state index is 9.60. The number of allylic oxidation sites excluding steroid dienone is 1. The number of carbonyl (C=O) groups is 1. The predicted octanol–water partition coefficient (Wildman–Crippen LogP) is 1.52. The van der Waals surface area contributed by atoms with Gasteiger partial charge in [0.15, 0.2) is 0 Å². The lowest BCUT2D eigenvalue weighted by atomic mass is 10.2. The zero-order valence-electron chi connectivity index (χ0n) is 5.72. The third-order valence-electron chi connectivity index (χ3n) is 0.934. The molecule has 0 saturated carbocycles. The standard InChI is InChI=1S/C7H12O2/c1-7(2)4-3-5-9-6-8/h6H,1,3-5H2,2H3. The predicted molar refractivity (Wildman–Crippen MR) is 36.1 cm³/mol. The molecule has 0 atom stereocenters. The van der Waals surface area contributed by atoms with E-state index in [9.17, 15) is 4.79 Å². The highest BCUT2D eigenvalue weighted by Gasteiger charge is 1.86. The lowest BCUT2D eigenvalue weighted by Crippen LogP contribution is -1.90. The van der Waals surface area contributed by atoms with E-state index in [-0.39, 0.29) is 0 Å². The molecule has 0 aliphatic rings. The van der Waals surface area contributed by atoms with Crippen LogP contribution in [0.1, 0.15) is 19.8 Å². The first-order chi connectivity index (χ1) is 4.27. The number of rotatable bonds is 5. The highest BCUT2D eigenvalue weighted by molar-refractivity contribution is 5.36. The van der Waals surface area contributed by atoms with Gasteiger partial charge in [-0.2, -0.15) is 0 Å². The largest absolute Gasteiger partial charge is 0.468 e. The molecule has 0 aromatic rings. The minimum atomic E-state index is 0.471. The summed E-state index contributed by atoms with van der Waals surface area (Å²) >= 11 is 0. The first-order valence-corrected chi connectivity index (χ1v) is 2.97. The Balaban J connectivity index is 2.91. The van der Waals surface area contributed by atoms with E-state index in [4.69, 9.17) is 0 Å². The summed E-state index contributed by atoms with van der Waals surface area (Å²) < 4.78 is 4.46. The zero-order valence-corrected chi connectivity index (χ0v) is 5.72. The van der Waals surface area contributed by atoms with Crippen molar-refractivity contribution in [1.29, 1.82) is 0 Å². The summed E-state index contributed by atoms with van der Waals surface area (Å²) in [6, 6.07) is 0. The average molecular weight is 128 g/mol. The van der Waals surface area contributed by atoms with Crippen LogP contribution in [0.15, 0.2) is 12.2 Å². The highest BCUT2D eigenvalue weighted by atomic mass is 16.5. The molecule has 0 aromatic carbocycles. The SMILES string of the molecule is C=C(C)CCCOC=O. The summed E-state index contributed by atoms with van der Waals surface area (Å²) in [6.45, 7) is 6.65. The lowest BCUT2D eigenvalue weighted by molar-refractivity contribution is -0.128. The fourth-order valence-electron chi connectivity index (χ4n) is 0.505. The Morgan fingerprint density at radius 1 is 1.78 bits per heavy atom. The normalized spacial score (nSPS) is 8.56. The Hall–Kier alpha value is -0.790. The smallest absolute Gasteiger partial charge is 0.293 e. The van der Waals surface area contributed by atoms with Gasteiger partial charge in [-0.1, -0.05) is 5.57 Å². The van der Waals surface area contributed by atoms with Crippen molar-refractivity contribution in [2.75, 3.05) is 6.61 Å². The van der Waals surface area contributed by atoms with Gasteiger partial charge in [0.05, 0.1) is 6.61 Å². The minimum absolute atomic E-state index is 0.471. The summed E-state index contributed by atoms with van der Waals surface area (Å²) in [5, 5.41) is 0. The van der Waals surface area contributed by atoms with Crippen molar-refractivity contribution in [2.24, 2.45) is 0 Å². The Morgan fingerprint density at radius 3 is 2.89 bits per heavy atom. The maximum atomic E-state index is 9.60. The van der Waals surface area contributed by atoms with Crippen molar-refractivity contribution in [3.63, 3.8) is 0 Å². The topological polar surface area (TPSA) is 26.3 Å². The molecule has 0 bridgehead atoms. The molecule has 0 aromatic heterocycles. The molecule has 2 heteroatoms. The molecule has 0 heterocycles. The second-order valence-electron chi connectivity index (χ2n) is 2.03. The third kappa shape index (κ3) is 7.21. The van der Waals surface area contributed by atoms with Crippen molar-refractivity contribution in [2.45, 2.75) is 19.8 Å². The second-order valence-corrected chi connectivity index (χ2v) is 2.03. The van der Waals surface area contributed by atoms with Crippen molar-refractivity contribution >= 4 is 6.47 Å². The van der Waals surface area contributed by atoms with Gasteiger partial charge in [0, 0.05) is 0 Å². The van der Waals surface area contributed by atoms with E-state index in [0.29, 0.717) is 13.1 Å². The molecule has 0 aliphatic heterocycles. The maximum Gasteiger partial charge on any atom is 0.293 e. The Labute approximate surface area is 55.5 Å². The lowest BCUT2D eigenvalue weighted by Gasteiger charge is -1.96. The van der Waals surface area contributed by atoms with Crippen LogP contribution < -0.4 is 0 Å². The minimum Gasteiger partial charge on any atom is -0.468 e. The summed E-state index contributed by atoms with van der Waals surface area (Å²) in [4.78, 5) is 9.60. The Morgan fingerprint density at radius 2 is 2.44 bits per heavy atom. The van der Waals surface area contributed by atoms with Crippen molar-refractivity contribution < 1.29 is 9.53 Å². The van der Waals surface area contributed by atoms with Gasteiger partial charge in [-0.3, -0.25) is 4.79 Å². The van der Waals surface area contributed by atoms with Crippen LogP contribution in [0.4, 0.5) is 0 Å². The van der Waals surface area contributed by atoms with Crippen LogP contribution >= 0.6 is 0 Å². The molecule has 0 unspecified atom stereocenters. The summed E-state index contributed by atoms with van der Waals surface area (Å²) in [5.74, 6) is 0. The van der Waals surface area contributed by atoms with Gasteiger partial charge in [-0.25, -0.2) is 0 Å². The molecular weight excluding hydrogens is 116 g/mol. The van der Waals surface area contributed by atoms with Crippen LogP contribution in [0.3, 0.4) is 0 Å². The fourth-order valence-corrected chi connectivity index (χ4v) is 0.505. The first kappa shape index (κ1) is 8.21. The van der Waals surface area contributed by atoms with Crippen LogP contribution in [0.2, 0.25) is 0 Å². The van der Waals surface area contributed by atoms with Gasteiger partial charge >= 0.3 is 0 Å². The molecule has 0 aliphatic carbocycles. The second kappa shape index (κ2) is 5.35. The molecule has 0 spiro atoms. The Bertz CT molecular complexity index is 97.1. The van der Waals surface area contributed by atoms with Crippen LogP contribution in [-0.2, 0) is 9.53 Å². The van der Waals surface area contributed by atoms with Crippen LogP contribution in [0.5, 0.6) is 0 Å². The van der Waals surface area contributed by atoms with Gasteiger partial charge in [0.25, 0.3) is 6.47 Å². The van der Waals surface area contributed by atoms with E-state index >= 15 is 0 Å². The molecule has 9 heavy (non-hydrogen) atoms. The van der Waals surface area contributed by atoms with Crippen LogP contribution in [0, 0.1) is 0 Å². The van der Waals surface area contributed by atoms with Gasteiger partial charge in [-0.15, -0.1) is 6.58 Å². The fraction of sp³-hybridized carbons (Fsp3) is 0.571. The molecular formula is C7H12O2. The molecule has 0 rings (SSSR count). The van der Waals surface area contributed by atoms with E-state index in [0.717, 1.165) is 18.4 Å². The molecule has 0 saturated heterocycles. The quantitative estimate of drug-likeness (QED) is 0.319. The third-order valence-corrected chi connectivity index (χ3v) is 0.934. The van der Waals surface area contributed by atoms with E-state index < -0.39 is 0 Å². The molecule has 0 fully saturated rings. The van der Waals surface area contributed by atoms with Crippen molar-refractivity contribution in [1.82, 2.24) is 0 Å². The van der Waals surface area contributed by atoms with Gasteiger partial charge < -0.3 is 4.74 Å². The molecule has 0 radical (unpaired) electrons. The average Bonchev–Trinajstić information content (AvgIpc) is 1.80. The van der Waals surface area contributed by atoms with E-state index in [1.165, 1.54) is 0 Å². The molecule has 0 amide bonds. The van der Waals surface area contributed by atoms with Gasteiger partial charge in [0.1, 0.15) is 0 Å². The highest BCUT2D eigenvalue weighted by Crippen LogP contribution is 1.98. The summed E-state index contributed by atoms with van der Waals surface area (Å²) in [5.41, 5.74) is 1.13. The number of carbonyl (C=O) groups excluding carboxylic acids is 1. The van der Waals surface area contributed by atoms with E-state index in [1.807, 2.05) is 6.92 Å². The number of hydrogen-bond donors (Lipinski definition) is 0. The van der Waals surface area contributed by atoms with Crippen molar-refractivity contribution in [3.05, 3.63) is 12.2 Å². The summed E-state index contributed by atoms with van der Waals surface area (Å²) in [7, 11) is 0. The first-order valence-electron chi connectivity index (χ1n) is 2.97. The molecule has 52 valence electrons. The monoisotopic (exact) mass is 128 g/mol. The summed E-state index contributed by atoms with van der Waals surface area (Å²) in [6.07, 6.45) is 1.82. The Kier molecular flexibility index (Phi) is 4.88. The van der Waals surface area contributed by atoms with E-state index in [1.54, 1.807) is 0 Å². The van der Waals surface area contributed by atoms with Crippen LogP contribution in [-0.4, -0.2) is 13.1 Å². The number of hydrogen-bond acceptors (Lipinski definition) is 2. The zero-order chi connectivity index (χ0) is 7.11. The van der Waals surface area contributed by atoms with Gasteiger partial charge in [0.2, 0.25) is 0 Å². The number of ether oxygens (including phenoxy) is 1. The molecule has 2 nitrogen and oxygen atoms in total. The molecule has 0 N–H and O–H groups in total. The van der Waals surface area contributed by atoms with Crippen molar-refractivity contribution in [3.8, 4) is 0 Å². The van der Waals surface area contributed by atoms with Crippen LogP contribution in [0.25, 0.3) is 0 Å². The van der Waals surface area contributed by atoms with E-state index in [2.05, 4.69) is 11.3 Å². The van der Waals surface area contributed by atoms with Gasteiger partial charge in [-0.05, 0) is 19.8 Å².